The van der Waals surface area contributed by atoms with Crippen molar-refractivity contribution in [1.82, 2.24) is 9.97 Å². The molecule has 2 aromatic carbocycles. The zero-order valence-corrected chi connectivity index (χ0v) is 14.9. The van der Waals surface area contributed by atoms with Gasteiger partial charge in [0.25, 0.3) is 0 Å². The van der Waals surface area contributed by atoms with E-state index in [0.717, 1.165) is 16.6 Å². The number of nitrogens with zero attached hydrogens (tertiary/aromatic N) is 2. The summed E-state index contributed by atoms with van der Waals surface area (Å²) >= 11 is 3.30. The number of rotatable bonds is 5. The second-order valence-corrected chi connectivity index (χ2v) is 6.11. The van der Waals surface area contributed by atoms with E-state index in [2.05, 4.69) is 36.4 Å². The van der Waals surface area contributed by atoms with Crippen molar-refractivity contribution in [2.24, 2.45) is 5.10 Å². The van der Waals surface area contributed by atoms with Crippen molar-refractivity contribution in [3.8, 4) is 11.5 Å². The summed E-state index contributed by atoms with van der Waals surface area (Å²) in [6.07, 6.45) is 1.63. The highest BCUT2D eigenvalue weighted by molar-refractivity contribution is 9.10. The SMILES string of the molecule is CCOc1cc(/C=N\Nc2nc3ccc(C)cc3[nH]2)cc(Br)c1O. The van der Waals surface area contributed by atoms with Gasteiger partial charge >= 0.3 is 0 Å². The van der Waals surface area contributed by atoms with Crippen LogP contribution in [0.25, 0.3) is 11.0 Å². The number of H-pyrrole nitrogens is 1. The lowest BCUT2D eigenvalue weighted by Gasteiger charge is -2.08. The van der Waals surface area contributed by atoms with Gasteiger partial charge in [0.2, 0.25) is 5.95 Å². The van der Waals surface area contributed by atoms with Gasteiger partial charge < -0.3 is 14.8 Å². The number of aromatic hydroxyl groups is 1. The Balaban J connectivity index is 1.77. The average Bonchev–Trinajstić information content (AvgIpc) is 2.94. The van der Waals surface area contributed by atoms with E-state index in [1.807, 2.05) is 32.0 Å². The van der Waals surface area contributed by atoms with Crippen LogP contribution in [0, 0.1) is 6.92 Å². The van der Waals surface area contributed by atoms with Gasteiger partial charge in [0.05, 0.1) is 28.3 Å². The molecular formula is C17H17BrN4O2. The molecule has 124 valence electrons. The molecule has 0 atom stereocenters. The van der Waals surface area contributed by atoms with Crippen molar-refractivity contribution in [1.29, 1.82) is 0 Å². The van der Waals surface area contributed by atoms with E-state index in [0.29, 0.717) is 22.8 Å². The largest absolute Gasteiger partial charge is 0.503 e. The van der Waals surface area contributed by atoms with Gasteiger partial charge in [0.1, 0.15) is 0 Å². The third-order valence-electron chi connectivity index (χ3n) is 3.37. The fourth-order valence-electron chi connectivity index (χ4n) is 2.28. The maximum absolute atomic E-state index is 9.91. The fraction of sp³-hybridized carbons (Fsp3) is 0.176. The molecule has 24 heavy (non-hydrogen) atoms. The molecular weight excluding hydrogens is 372 g/mol. The molecule has 3 aromatic rings. The third-order valence-corrected chi connectivity index (χ3v) is 3.98. The molecule has 6 nitrogen and oxygen atoms in total. The number of aromatic nitrogens is 2. The van der Waals surface area contributed by atoms with Gasteiger partial charge in [0, 0.05) is 0 Å². The minimum Gasteiger partial charge on any atom is -0.503 e. The average molecular weight is 389 g/mol. The van der Waals surface area contributed by atoms with E-state index in [1.54, 1.807) is 18.3 Å². The summed E-state index contributed by atoms with van der Waals surface area (Å²) < 4.78 is 5.94. The molecule has 7 heteroatoms. The first-order valence-electron chi connectivity index (χ1n) is 7.47. The van der Waals surface area contributed by atoms with Gasteiger partial charge in [-0.3, -0.25) is 0 Å². The van der Waals surface area contributed by atoms with Crippen LogP contribution in [0.1, 0.15) is 18.1 Å². The molecule has 3 N–H and O–H groups in total. The molecule has 0 bridgehead atoms. The van der Waals surface area contributed by atoms with Gasteiger partial charge in [-0.25, -0.2) is 10.4 Å². The predicted molar refractivity (Wildman–Crippen MR) is 99.0 cm³/mol. The third kappa shape index (κ3) is 3.51. The number of aromatic amines is 1. The van der Waals surface area contributed by atoms with Gasteiger partial charge in [-0.1, -0.05) is 6.07 Å². The highest BCUT2D eigenvalue weighted by Gasteiger charge is 2.08. The summed E-state index contributed by atoms with van der Waals surface area (Å²) in [6, 6.07) is 9.48. The van der Waals surface area contributed by atoms with Gasteiger partial charge in [-0.15, -0.1) is 0 Å². The summed E-state index contributed by atoms with van der Waals surface area (Å²) in [5.74, 6) is 1.05. The first-order valence-corrected chi connectivity index (χ1v) is 8.27. The standard InChI is InChI=1S/C17H17BrN4O2/c1-3-24-15-8-11(7-12(18)16(15)23)9-19-22-17-20-13-5-4-10(2)6-14(13)21-17/h4-9,23H,3H2,1-2H3,(H2,20,21,22)/b19-9-. The number of halogens is 1. The van der Waals surface area contributed by atoms with Crippen LogP contribution in [0.15, 0.2) is 39.9 Å². The van der Waals surface area contributed by atoms with Crippen LogP contribution >= 0.6 is 15.9 Å². The number of anilines is 1. The van der Waals surface area contributed by atoms with Crippen molar-refractivity contribution >= 4 is 39.1 Å². The van der Waals surface area contributed by atoms with E-state index in [9.17, 15) is 5.11 Å². The van der Waals surface area contributed by atoms with Crippen molar-refractivity contribution < 1.29 is 9.84 Å². The number of hydrogen-bond donors (Lipinski definition) is 3. The number of hydrogen-bond acceptors (Lipinski definition) is 5. The first-order chi connectivity index (χ1) is 11.6. The Morgan fingerprint density at radius 3 is 3.00 bits per heavy atom. The molecule has 0 radical (unpaired) electrons. The minimum atomic E-state index is 0.0783. The van der Waals surface area contributed by atoms with Crippen LogP contribution in [0.5, 0.6) is 11.5 Å². The molecule has 1 aromatic heterocycles. The van der Waals surface area contributed by atoms with E-state index < -0.39 is 0 Å². The lowest BCUT2D eigenvalue weighted by atomic mass is 10.2. The lowest BCUT2D eigenvalue weighted by molar-refractivity contribution is 0.317. The first kappa shape index (κ1) is 16.3. The number of aryl methyl sites for hydroxylation is 1. The molecule has 0 amide bonds. The van der Waals surface area contributed by atoms with Gasteiger partial charge in [0.15, 0.2) is 11.5 Å². The Morgan fingerprint density at radius 2 is 2.21 bits per heavy atom. The molecule has 3 rings (SSSR count). The number of ether oxygens (including phenoxy) is 1. The second kappa shape index (κ2) is 6.92. The normalized spacial score (nSPS) is 11.3. The molecule has 0 unspecified atom stereocenters. The monoisotopic (exact) mass is 388 g/mol. The molecule has 0 aliphatic heterocycles. The summed E-state index contributed by atoms with van der Waals surface area (Å²) in [6.45, 7) is 4.36. The molecule has 0 saturated heterocycles. The topological polar surface area (TPSA) is 82.5 Å². The van der Waals surface area contributed by atoms with Crippen molar-refractivity contribution in [3.63, 3.8) is 0 Å². The van der Waals surface area contributed by atoms with Crippen molar-refractivity contribution in [2.45, 2.75) is 13.8 Å². The minimum absolute atomic E-state index is 0.0783. The Hall–Kier alpha value is -2.54. The van der Waals surface area contributed by atoms with Crippen molar-refractivity contribution in [3.05, 3.63) is 45.9 Å². The number of phenols is 1. The van der Waals surface area contributed by atoms with E-state index >= 15 is 0 Å². The number of hydrazone groups is 1. The van der Waals surface area contributed by atoms with Crippen molar-refractivity contribution in [2.75, 3.05) is 12.0 Å². The molecule has 0 fully saturated rings. The molecule has 0 aliphatic carbocycles. The molecule has 0 spiro atoms. The highest BCUT2D eigenvalue weighted by atomic mass is 79.9. The maximum Gasteiger partial charge on any atom is 0.222 e. The Bertz CT molecular complexity index is 905. The fourth-order valence-corrected chi connectivity index (χ4v) is 2.74. The summed E-state index contributed by atoms with van der Waals surface area (Å²) in [5.41, 5.74) is 6.65. The van der Waals surface area contributed by atoms with Crippen LogP contribution < -0.4 is 10.2 Å². The van der Waals surface area contributed by atoms with E-state index in [4.69, 9.17) is 4.74 Å². The highest BCUT2D eigenvalue weighted by Crippen LogP contribution is 2.35. The number of benzene rings is 2. The van der Waals surface area contributed by atoms with Crippen LogP contribution in [0.4, 0.5) is 5.95 Å². The second-order valence-electron chi connectivity index (χ2n) is 5.26. The smallest absolute Gasteiger partial charge is 0.222 e. The van der Waals surface area contributed by atoms with Gasteiger partial charge in [-0.2, -0.15) is 5.10 Å². The molecule has 1 heterocycles. The summed E-state index contributed by atoms with van der Waals surface area (Å²) in [5, 5.41) is 14.1. The Kier molecular flexibility index (Phi) is 4.71. The van der Waals surface area contributed by atoms with Crippen LogP contribution in [0.3, 0.4) is 0 Å². The van der Waals surface area contributed by atoms with Crippen LogP contribution in [-0.4, -0.2) is 27.9 Å². The Labute approximate surface area is 147 Å². The number of phenolic OH excluding ortho intramolecular Hbond substituents is 1. The van der Waals surface area contributed by atoms with E-state index in [1.165, 1.54) is 5.56 Å². The summed E-state index contributed by atoms with van der Waals surface area (Å²) in [7, 11) is 0. The number of imidazole rings is 1. The zero-order chi connectivity index (χ0) is 17.1. The molecule has 0 aliphatic rings. The van der Waals surface area contributed by atoms with Crippen LogP contribution in [0.2, 0.25) is 0 Å². The quantitative estimate of drug-likeness (QED) is 0.452. The lowest BCUT2D eigenvalue weighted by Crippen LogP contribution is -1.95. The van der Waals surface area contributed by atoms with Gasteiger partial charge in [-0.05, 0) is 65.2 Å². The summed E-state index contributed by atoms with van der Waals surface area (Å²) in [4.78, 5) is 7.57. The predicted octanol–water partition coefficient (Wildman–Crippen LogP) is 4.18. The van der Waals surface area contributed by atoms with E-state index in [-0.39, 0.29) is 5.75 Å². The number of fused-ring (bicyclic) bond motifs is 1. The maximum atomic E-state index is 9.91. The number of nitrogens with one attached hydrogen (secondary N) is 2. The Morgan fingerprint density at radius 1 is 1.38 bits per heavy atom. The van der Waals surface area contributed by atoms with Crippen LogP contribution in [-0.2, 0) is 0 Å². The zero-order valence-electron chi connectivity index (χ0n) is 13.3. The molecule has 0 saturated carbocycles.